The van der Waals surface area contributed by atoms with Crippen LogP contribution in [0.4, 0.5) is 5.69 Å². The van der Waals surface area contributed by atoms with Gasteiger partial charge in [-0.25, -0.2) is 0 Å². The van der Waals surface area contributed by atoms with Crippen LogP contribution in [0.2, 0.25) is 5.02 Å². The van der Waals surface area contributed by atoms with Gasteiger partial charge in [0.1, 0.15) is 5.75 Å². The standard InChI is InChI=1S/C12H15ClN2O2/c13-10-7-9(14)3-4-11(10)17-8-12(16)15-5-1-2-6-15/h3-4,7H,1-2,5-6,8,14H2. The lowest BCUT2D eigenvalue weighted by Crippen LogP contribution is -2.32. The minimum Gasteiger partial charge on any atom is -0.482 e. The molecule has 1 fully saturated rings. The predicted molar refractivity (Wildman–Crippen MR) is 67.2 cm³/mol. The summed E-state index contributed by atoms with van der Waals surface area (Å²) >= 11 is 5.94. The van der Waals surface area contributed by atoms with Crippen LogP contribution in [0.25, 0.3) is 0 Å². The molecule has 2 N–H and O–H groups in total. The molecule has 1 aliphatic heterocycles. The zero-order valence-corrected chi connectivity index (χ0v) is 10.2. The predicted octanol–water partition coefficient (Wildman–Crippen LogP) is 1.92. The largest absolute Gasteiger partial charge is 0.482 e. The third-order valence-corrected chi connectivity index (χ3v) is 3.06. The molecule has 1 aromatic carbocycles. The van der Waals surface area contributed by atoms with Crippen molar-refractivity contribution in [2.24, 2.45) is 0 Å². The van der Waals surface area contributed by atoms with E-state index in [0.717, 1.165) is 25.9 Å². The first-order valence-electron chi connectivity index (χ1n) is 5.62. The first-order valence-corrected chi connectivity index (χ1v) is 6.00. The van der Waals surface area contributed by atoms with Crippen LogP contribution < -0.4 is 10.5 Å². The molecule has 92 valence electrons. The molecule has 0 aliphatic carbocycles. The van der Waals surface area contributed by atoms with Crippen molar-refractivity contribution in [3.63, 3.8) is 0 Å². The minimum absolute atomic E-state index is 0.00962. The van der Waals surface area contributed by atoms with Crippen LogP contribution in [-0.4, -0.2) is 30.5 Å². The van der Waals surface area contributed by atoms with Crippen molar-refractivity contribution in [3.05, 3.63) is 23.2 Å². The summed E-state index contributed by atoms with van der Waals surface area (Å²) in [7, 11) is 0. The average Bonchev–Trinajstić information content (AvgIpc) is 2.81. The summed E-state index contributed by atoms with van der Waals surface area (Å²) in [6.45, 7) is 1.69. The smallest absolute Gasteiger partial charge is 0.260 e. The number of hydrogen-bond acceptors (Lipinski definition) is 3. The second-order valence-corrected chi connectivity index (χ2v) is 4.47. The van der Waals surface area contributed by atoms with Gasteiger partial charge in [-0.05, 0) is 31.0 Å². The number of rotatable bonds is 3. The van der Waals surface area contributed by atoms with E-state index >= 15 is 0 Å². The molecule has 1 aromatic rings. The maximum atomic E-state index is 11.7. The lowest BCUT2D eigenvalue weighted by molar-refractivity contribution is -0.132. The van der Waals surface area contributed by atoms with Crippen molar-refractivity contribution in [2.75, 3.05) is 25.4 Å². The molecule has 5 heteroatoms. The molecule has 0 saturated carbocycles. The lowest BCUT2D eigenvalue weighted by atomic mass is 10.3. The summed E-state index contributed by atoms with van der Waals surface area (Å²) in [5.41, 5.74) is 6.14. The highest BCUT2D eigenvalue weighted by Crippen LogP contribution is 2.26. The van der Waals surface area contributed by atoms with E-state index in [1.165, 1.54) is 0 Å². The maximum Gasteiger partial charge on any atom is 0.260 e. The Morgan fingerprint density at radius 2 is 2.12 bits per heavy atom. The van der Waals surface area contributed by atoms with Gasteiger partial charge in [-0.2, -0.15) is 0 Å². The van der Waals surface area contributed by atoms with Gasteiger partial charge in [0.25, 0.3) is 5.91 Å². The summed E-state index contributed by atoms with van der Waals surface area (Å²) in [5, 5.41) is 0.430. The van der Waals surface area contributed by atoms with Gasteiger partial charge in [-0.3, -0.25) is 4.79 Å². The Bertz CT molecular complexity index is 417. The number of hydrogen-bond donors (Lipinski definition) is 1. The fourth-order valence-corrected chi connectivity index (χ4v) is 2.07. The number of nitrogen functional groups attached to an aromatic ring is 1. The highest BCUT2D eigenvalue weighted by molar-refractivity contribution is 6.32. The first kappa shape index (κ1) is 12.0. The SMILES string of the molecule is Nc1ccc(OCC(=O)N2CCCC2)c(Cl)c1. The van der Waals surface area contributed by atoms with Gasteiger partial charge in [0.15, 0.2) is 6.61 Å². The monoisotopic (exact) mass is 254 g/mol. The van der Waals surface area contributed by atoms with E-state index < -0.39 is 0 Å². The molecule has 1 aliphatic rings. The van der Waals surface area contributed by atoms with Gasteiger partial charge in [-0.15, -0.1) is 0 Å². The Kier molecular flexibility index (Phi) is 3.74. The number of ether oxygens (including phenoxy) is 1. The fourth-order valence-electron chi connectivity index (χ4n) is 1.83. The number of nitrogens with zero attached hydrogens (tertiary/aromatic N) is 1. The van der Waals surface area contributed by atoms with E-state index in [4.69, 9.17) is 22.1 Å². The molecule has 1 amide bonds. The Hall–Kier alpha value is -1.42. The highest BCUT2D eigenvalue weighted by atomic mass is 35.5. The zero-order chi connectivity index (χ0) is 12.3. The maximum absolute atomic E-state index is 11.7. The fraction of sp³-hybridized carbons (Fsp3) is 0.417. The van der Waals surface area contributed by atoms with E-state index in [2.05, 4.69) is 0 Å². The number of carbonyl (C=O) groups is 1. The zero-order valence-electron chi connectivity index (χ0n) is 9.49. The van der Waals surface area contributed by atoms with Gasteiger partial charge in [0.05, 0.1) is 5.02 Å². The van der Waals surface area contributed by atoms with Crippen molar-refractivity contribution in [1.29, 1.82) is 0 Å². The molecule has 0 bridgehead atoms. The van der Waals surface area contributed by atoms with Gasteiger partial charge < -0.3 is 15.4 Å². The second-order valence-electron chi connectivity index (χ2n) is 4.07. The van der Waals surface area contributed by atoms with Crippen LogP contribution in [0.1, 0.15) is 12.8 Å². The van der Waals surface area contributed by atoms with E-state index in [1.54, 1.807) is 18.2 Å². The Balaban J connectivity index is 1.90. The van der Waals surface area contributed by atoms with Gasteiger partial charge >= 0.3 is 0 Å². The van der Waals surface area contributed by atoms with Crippen LogP contribution in [-0.2, 0) is 4.79 Å². The molecule has 0 atom stereocenters. The van der Waals surface area contributed by atoms with Crippen molar-refractivity contribution >= 4 is 23.2 Å². The van der Waals surface area contributed by atoms with Crippen LogP contribution in [0.3, 0.4) is 0 Å². The summed E-state index contributed by atoms with van der Waals surface area (Å²) in [6, 6.07) is 4.98. The number of amides is 1. The number of benzene rings is 1. The molecule has 0 unspecified atom stereocenters. The van der Waals surface area contributed by atoms with Gasteiger partial charge in [-0.1, -0.05) is 11.6 Å². The Labute approximate surface area is 105 Å². The molecule has 0 spiro atoms. The summed E-state index contributed by atoms with van der Waals surface area (Å²) in [4.78, 5) is 13.5. The molecule has 0 radical (unpaired) electrons. The van der Waals surface area contributed by atoms with E-state index in [9.17, 15) is 4.79 Å². The second kappa shape index (κ2) is 5.27. The highest BCUT2D eigenvalue weighted by Gasteiger charge is 2.18. The molecule has 17 heavy (non-hydrogen) atoms. The van der Waals surface area contributed by atoms with Crippen LogP contribution >= 0.6 is 11.6 Å². The summed E-state index contributed by atoms with van der Waals surface area (Å²) in [6.07, 6.45) is 2.16. The molecule has 1 heterocycles. The molecule has 1 saturated heterocycles. The number of carbonyl (C=O) groups excluding carboxylic acids is 1. The van der Waals surface area contributed by atoms with Gasteiger partial charge in [0, 0.05) is 18.8 Å². The number of likely N-dealkylation sites (tertiary alicyclic amines) is 1. The van der Waals surface area contributed by atoms with Crippen molar-refractivity contribution in [2.45, 2.75) is 12.8 Å². The number of anilines is 1. The molecule has 0 aromatic heterocycles. The van der Waals surface area contributed by atoms with Crippen molar-refractivity contribution in [3.8, 4) is 5.75 Å². The number of nitrogens with two attached hydrogens (primary N) is 1. The molecular weight excluding hydrogens is 240 g/mol. The minimum atomic E-state index is 0.00962. The van der Waals surface area contributed by atoms with Gasteiger partial charge in [0.2, 0.25) is 0 Å². The third kappa shape index (κ3) is 3.03. The molecular formula is C12H15ClN2O2. The quantitative estimate of drug-likeness (QED) is 0.839. The average molecular weight is 255 g/mol. The lowest BCUT2D eigenvalue weighted by Gasteiger charge is -2.15. The van der Waals surface area contributed by atoms with Crippen LogP contribution in [0, 0.1) is 0 Å². The normalized spacial score (nSPS) is 15.0. The first-order chi connectivity index (χ1) is 8.16. The third-order valence-electron chi connectivity index (χ3n) is 2.77. The van der Waals surface area contributed by atoms with Crippen LogP contribution in [0.15, 0.2) is 18.2 Å². The molecule has 4 nitrogen and oxygen atoms in total. The van der Waals surface area contributed by atoms with Crippen LogP contribution in [0.5, 0.6) is 5.75 Å². The summed E-state index contributed by atoms with van der Waals surface area (Å²) in [5.74, 6) is 0.504. The van der Waals surface area contributed by atoms with Crippen molar-refractivity contribution in [1.82, 2.24) is 4.90 Å². The van der Waals surface area contributed by atoms with E-state index in [1.807, 2.05) is 4.90 Å². The van der Waals surface area contributed by atoms with E-state index in [-0.39, 0.29) is 12.5 Å². The topological polar surface area (TPSA) is 55.6 Å². The Morgan fingerprint density at radius 3 is 2.76 bits per heavy atom. The Morgan fingerprint density at radius 1 is 1.41 bits per heavy atom. The number of halogens is 1. The molecule has 2 rings (SSSR count). The van der Waals surface area contributed by atoms with Crippen molar-refractivity contribution < 1.29 is 9.53 Å². The summed E-state index contributed by atoms with van der Waals surface area (Å²) < 4.78 is 5.39. The van der Waals surface area contributed by atoms with E-state index in [0.29, 0.717) is 16.5 Å².